The first-order valence-electron chi connectivity index (χ1n) is 6.19. The van der Waals surface area contributed by atoms with Crippen molar-refractivity contribution in [3.05, 3.63) is 42.2 Å². The van der Waals surface area contributed by atoms with Crippen LogP contribution in [-0.4, -0.2) is 12.1 Å². The summed E-state index contributed by atoms with van der Waals surface area (Å²) < 4.78 is 19.0. The molecule has 0 aliphatic heterocycles. The van der Waals surface area contributed by atoms with Gasteiger partial charge in [0.05, 0.1) is 6.61 Å². The van der Waals surface area contributed by atoms with E-state index in [0.29, 0.717) is 25.3 Å². The number of halogens is 1. The average Bonchev–Trinajstić information content (AvgIpc) is 2.28. The molecule has 0 heterocycles. The molecule has 1 aromatic carbocycles. The first kappa shape index (κ1) is 14.7. The zero-order chi connectivity index (χ0) is 13.6. The summed E-state index contributed by atoms with van der Waals surface area (Å²) in [5.74, 6) is -0.0105. The van der Waals surface area contributed by atoms with Crippen molar-refractivity contribution in [3.63, 3.8) is 0 Å². The van der Waals surface area contributed by atoms with Gasteiger partial charge in [-0.1, -0.05) is 12.1 Å². The third-order valence-electron chi connectivity index (χ3n) is 2.40. The molecule has 0 radical (unpaired) electrons. The Morgan fingerprint density at radius 3 is 2.67 bits per heavy atom. The lowest BCUT2D eigenvalue weighted by Crippen LogP contribution is -2.35. The SMILES string of the molecule is C=CCCOc1ccc(CNC(C)(C)C)cc1F. The van der Waals surface area contributed by atoms with Crippen LogP contribution in [0.5, 0.6) is 5.75 Å². The van der Waals surface area contributed by atoms with Gasteiger partial charge in [-0.3, -0.25) is 0 Å². The predicted molar refractivity (Wildman–Crippen MR) is 73.3 cm³/mol. The molecular weight excluding hydrogens is 229 g/mol. The van der Waals surface area contributed by atoms with Crippen LogP contribution in [0, 0.1) is 5.82 Å². The van der Waals surface area contributed by atoms with Gasteiger partial charge in [0, 0.05) is 12.1 Å². The van der Waals surface area contributed by atoms with Crippen molar-refractivity contribution >= 4 is 0 Å². The Morgan fingerprint density at radius 1 is 1.39 bits per heavy atom. The van der Waals surface area contributed by atoms with E-state index >= 15 is 0 Å². The van der Waals surface area contributed by atoms with Gasteiger partial charge in [-0.05, 0) is 44.9 Å². The van der Waals surface area contributed by atoms with E-state index in [1.54, 1.807) is 12.1 Å². The highest BCUT2D eigenvalue weighted by atomic mass is 19.1. The minimum atomic E-state index is -0.313. The molecule has 0 bridgehead atoms. The molecule has 1 rings (SSSR count). The molecule has 100 valence electrons. The van der Waals surface area contributed by atoms with Crippen molar-refractivity contribution in [2.24, 2.45) is 0 Å². The molecule has 0 aromatic heterocycles. The lowest BCUT2D eigenvalue weighted by molar-refractivity contribution is 0.307. The van der Waals surface area contributed by atoms with Crippen molar-refractivity contribution in [1.29, 1.82) is 0 Å². The second-order valence-corrected chi connectivity index (χ2v) is 5.29. The maximum absolute atomic E-state index is 13.7. The molecule has 0 unspecified atom stereocenters. The number of benzene rings is 1. The van der Waals surface area contributed by atoms with Crippen molar-refractivity contribution in [2.75, 3.05) is 6.61 Å². The summed E-state index contributed by atoms with van der Waals surface area (Å²) in [6, 6.07) is 5.07. The summed E-state index contributed by atoms with van der Waals surface area (Å²) in [5, 5.41) is 3.32. The Kier molecular flexibility index (Phi) is 5.35. The molecule has 0 aliphatic carbocycles. The molecule has 3 heteroatoms. The quantitative estimate of drug-likeness (QED) is 0.615. The molecule has 0 atom stereocenters. The monoisotopic (exact) mass is 251 g/mol. The fraction of sp³-hybridized carbons (Fsp3) is 0.467. The van der Waals surface area contributed by atoms with Crippen LogP contribution < -0.4 is 10.1 Å². The van der Waals surface area contributed by atoms with Gasteiger partial charge in [0.25, 0.3) is 0 Å². The lowest BCUT2D eigenvalue weighted by atomic mass is 10.1. The van der Waals surface area contributed by atoms with Gasteiger partial charge in [-0.15, -0.1) is 6.58 Å². The van der Waals surface area contributed by atoms with Crippen LogP contribution in [0.1, 0.15) is 32.8 Å². The van der Waals surface area contributed by atoms with Crippen LogP contribution in [-0.2, 0) is 6.54 Å². The topological polar surface area (TPSA) is 21.3 Å². The van der Waals surface area contributed by atoms with E-state index in [2.05, 4.69) is 32.7 Å². The van der Waals surface area contributed by atoms with E-state index in [0.717, 1.165) is 5.56 Å². The Hall–Kier alpha value is -1.35. The van der Waals surface area contributed by atoms with Crippen LogP contribution in [0.4, 0.5) is 4.39 Å². The molecule has 0 aliphatic rings. The van der Waals surface area contributed by atoms with E-state index in [9.17, 15) is 4.39 Å². The second kappa shape index (κ2) is 6.55. The van der Waals surface area contributed by atoms with E-state index in [1.165, 1.54) is 6.07 Å². The highest BCUT2D eigenvalue weighted by molar-refractivity contribution is 5.29. The summed E-state index contributed by atoms with van der Waals surface area (Å²) >= 11 is 0. The number of ether oxygens (including phenoxy) is 1. The number of hydrogen-bond acceptors (Lipinski definition) is 2. The van der Waals surface area contributed by atoms with Crippen LogP contribution in [0.15, 0.2) is 30.9 Å². The van der Waals surface area contributed by atoms with E-state index in [1.807, 2.05) is 6.07 Å². The Bertz CT molecular complexity index is 396. The van der Waals surface area contributed by atoms with Gasteiger partial charge < -0.3 is 10.1 Å². The van der Waals surface area contributed by atoms with Crippen LogP contribution in [0.2, 0.25) is 0 Å². The molecule has 0 fully saturated rings. The third-order valence-corrected chi connectivity index (χ3v) is 2.40. The van der Waals surface area contributed by atoms with Crippen molar-refractivity contribution in [3.8, 4) is 5.75 Å². The minimum Gasteiger partial charge on any atom is -0.490 e. The number of nitrogens with one attached hydrogen (secondary N) is 1. The molecule has 0 spiro atoms. The normalized spacial score (nSPS) is 11.3. The maximum atomic E-state index is 13.7. The molecule has 0 amide bonds. The summed E-state index contributed by atoms with van der Waals surface area (Å²) in [7, 11) is 0. The van der Waals surface area contributed by atoms with Gasteiger partial charge in [-0.2, -0.15) is 0 Å². The maximum Gasteiger partial charge on any atom is 0.165 e. The zero-order valence-corrected chi connectivity index (χ0v) is 11.4. The predicted octanol–water partition coefficient (Wildman–Crippen LogP) is 3.67. The van der Waals surface area contributed by atoms with Gasteiger partial charge in [0.2, 0.25) is 0 Å². The summed E-state index contributed by atoms with van der Waals surface area (Å²) in [6.07, 6.45) is 2.46. The Balaban J connectivity index is 2.58. The van der Waals surface area contributed by atoms with Crippen LogP contribution in [0.3, 0.4) is 0 Å². The molecular formula is C15H22FNO. The van der Waals surface area contributed by atoms with Crippen LogP contribution in [0.25, 0.3) is 0 Å². The van der Waals surface area contributed by atoms with Gasteiger partial charge in [-0.25, -0.2) is 4.39 Å². The summed E-state index contributed by atoms with van der Waals surface area (Å²) in [6.45, 7) is 10.9. The summed E-state index contributed by atoms with van der Waals surface area (Å²) in [5.41, 5.74) is 0.939. The van der Waals surface area contributed by atoms with Crippen LogP contribution >= 0.6 is 0 Å². The fourth-order valence-electron chi connectivity index (χ4n) is 1.39. The Labute approximate surface area is 109 Å². The van der Waals surface area contributed by atoms with Gasteiger partial charge in [0.1, 0.15) is 0 Å². The van der Waals surface area contributed by atoms with E-state index in [-0.39, 0.29) is 11.4 Å². The second-order valence-electron chi connectivity index (χ2n) is 5.29. The molecule has 1 N–H and O–H groups in total. The minimum absolute atomic E-state index is 0.0234. The van der Waals surface area contributed by atoms with Gasteiger partial charge >= 0.3 is 0 Å². The smallest absolute Gasteiger partial charge is 0.165 e. The molecule has 2 nitrogen and oxygen atoms in total. The number of rotatable bonds is 6. The van der Waals surface area contributed by atoms with Crippen molar-refractivity contribution in [1.82, 2.24) is 5.32 Å². The third kappa shape index (κ3) is 5.32. The fourth-order valence-corrected chi connectivity index (χ4v) is 1.39. The van der Waals surface area contributed by atoms with E-state index < -0.39 is 0 Å². The highest BCUT2D eigenvalue weighted by Gasteiger charge is 2.10. The van der Waals surface area contributed by atoms with Gasteiger partial charge in [0.15, 0.2) is 11.6 Å². The molecule has 1 aromatic rings. The molecule has 0 saturated carbocycles. The number of hydrogen-bond donors (Lipinski definition) is 1. The largest absolute Gasteiger partial charge is 0.490 e. The Morgan fingerprint density at radius 2 is 2.11 bits per heavy atom. The van der Waals surface area contributed by atoms with E-state index in [4.69, 9.17) is 4.74 Å². The molecule has 18 heavy (non-hydrogen) atoms. The lowest BCUT2D eigenvalue weighted by Gasteiger charge is -2.20. The first-order chi connectivity index (χ1) is 8.42. The first-order valence-corrected chi connectivity index (χ1v) is 6.19. The zero-order valence-electron chi connectivity index (χ0n) is 11.4. The van der Waals surface area contributed by atoms with Crippen molar-refractivity contribution in [2.45, 2.75) is 39.3 Å². The molecule has 0 saturated heterocycles. The summed E-state index contributed by atoms with van der Waals surface area (Å²) in [4.78, 5) is 0. The van der Waals surface area contributed by atoms with Crippen molar-refractivity contribution < 1.29 is 9.13 Å². The standard InChI is InChI=1S/C15H22FNO/c1-5-6-9-18-14-8-7-12(10-13(14)16)11-17-15(2,3)4/h5,7-8,10,17H,1,6,9,11H2,2-4H3. The average molecular weight is 251 g/mol. The highest BCUT2D eigenvalue weighted by Crippen LogP contribution is 2.19.